The van der Waals surface area contributed by atoms with E-state index < -0.39 is 5.91 Å². The Morgan fingerprint density at radius 2 is 2.12 bits per heavy atom. The number of nitrogens with zero attached hydrogens (tertiary/aromatic N) is 5. The molecule has 0 aliphatic heterocycles. The SMILES string of the molecule is COc1ccnc(N(C)C(=O)c2c(C)oc3ncn(C)c(=O)c23)n1. The lowest BCUT2D eigenvalue weighted by Crippen LogP contribution is -2.30. The van der Waals surface area contributed by atoms with E-state index >= 15 is 0 Å². The average Bonchev–Trinajstić information content (AvgIpc) is 2.93. The number of hydrogen-bond acceptors (Lipinski definition) is 7. The van der Waals surface area contributed by atoms with Crippen molar-refractivity contribution < 1.29 is 13.9 Å². The fourth-order valence-corrected chi connectivity index (χ4v) is 2.31. The van der Waals surface area contributed by atoms with E-state index in [2.05, 4.69) is 15.0 Å². The number of hydrogen-bond donors (Lipinski definition) is 0. The number of carbonyl (C=O) groups excluding carboxylic acids is 1. The first-order chi connectivity index (χ1) is 11.4. The van der Waals surface area contributed by atoms with E-state index in [1.54, 1.807) is 20.0 Å². The first-order valence-corrected chi connectivity index (χ1v) is 7.04. The molecule has 9 heteroatoms. The molecule has 0 N–H and O–H groups in total. The van der Waals surface area contributed by atoms with Crippen molar-refractivity contribution in [3.8, 4) is 5.88 Å². The van der Waals surface area contributed by atoms with E-state index in [1.165, 1.54) is 36.1 Å². The minimum absolute atomic E-state index is 0.124. The highest BCUT2D eigenvalue weighted by Gasteiger charge is 2.26. The molecule has 9 nitrogen and oxygen atoms in total. The van der Waals surface area contributed by atoms with Crippen molar-refractivity contribution in [3.05, 3.63) is 40.3 Å². The molecule has 0 aliphatic carbocycles. The summed E-state index contributed by atoms with van der Waals surface area (Å²) >= 11 is 0. The molecule has 3 rings (SSSR count). The van der Waals surface area contributed by atoms with Crippen LogP contribution in [0.3, 0.4) is 0 Å². The normalized spacial score (nSPS) is 10.8. The summed E-state index contributed by atoms with van der Waals surface area (Å²) in [5.41, 5.74) is -0.0910. The van der Waals surface area contributed by atoms with Gasteiger partial charge in [-0.15, -0.1) is 0 Å². The van der Waals surface area contributed by atoms with E-state index in [0.29, 0.717) is 11.6 Å². The van der Waals surface area contributed by atoms with Crippen molar-refractivity contribution in [1.82, 2.24) is 19.5 Å². The maximum atomic E-state index is 12.9. The molecule has 0 aromatic carbocycles. The predicted octanol–water partition coefficient (Wildman–Crippen LogP) is 0.910. The number of fused-ring (bicyclic) bond motifs is 1. The second-order valence-electron chi connectivity index (χ2n) is 5.14. The standard InChI is InChI=1S/C15H15N5O4/c1-8-10(11-12(24-8)17-7-19(2)13(11)21)14(22)20(3)15-16-6-5-9(18-15)23-4/h5-7H,1-4H3. The number of anilines is 1. The summed E-state index contributed by atoms with van der Waals surface area (Å²) in [4.78, 5) is 38.7. The van der Waals surface area contributed by atoms with Gasteiger partial charge in [-0.1, -0.05) is 0 Å². The fraction of sp³-hybridized carbons (Fsp3) is 0.267. The van der Waals surface area contributed by atoms with Gasteiger partial charge in [-0.2, -0.15) is 4.98 Å². The van der Waals surface area contributed by atoms with Crippen LogP contribution in [0.4, 0.5) is 5.95 Å². The van der Waals surface area contributed by atoms with Crippen LogP contribution in [0.25, 0.3) is 11.1 Å². The van der Waals surface area contributed by atoms with Gasteiger partial charge in [0.15, 0.2) is 0 Å². The van der Waals surface area contributed by atoms with Crippen LogP contribution in [-0.4, -0.2) is 39.6 Å². The summed E-state index contributed by atoms with van der Waals surface area (Å²) in [7, 11) is 4.54. The van der Waals surface area contributed by atoms with Crippen molar-refractivity contribution in [2.24, 2.45) is 7.05 Å². The van der Waals surface area contributed by atoms with Crippen LogP contribution in [-0.2, 0) is 7.05 Å². The van der Waals surface area contributed by atoms with Crippen LogP contribution in [0, 0.1) is 6.92 Å². The number of carbonyl (C=O) groups is 1. The first-order valence-electron chi connectivity index (χ1n) is 7.04. The Morgan fingerprint density at radius 3 is 2.83 bits per heavy atom. The van der Waals surface area contributed by atoms with Gasteiger partial charge in [0.2, 0.25) is 17.5 Å². The maximum Gasteiger partial charge on any atom is 0.265 e. The number of furan rings is 1. The van der Waals surface area contributed by atoms with Crippen molar-refractivity contribution in [2.45, 2.75) is 6.92 Å². The van der Waals surface area contributed by atoms with Crippen LogP contribution in [0.1, 0.15) is 16.1 Å². The molecule has 0 aliphatic rings. The monoisotopic (exact) mass is 329 g/mol. The fourth-order valence-electron chi connectivity index (χ4n) is 2.31. The van der Waals surface area contributed by atoms with Gasteiger partial charge in [-0.25, -0.2) is 9.97 Å². The summed E-state index contributed by atoms with van der Waals surface area (Å²) in [5, 5.41) is 0.136. The highest BCUT2D eigenvalue weighted by Crippen LogP contribution is 2.23. The molecule has 0 fully saturated rings. The molecule has 3 heterocycles. The number of aryl methyl sites for hydroxylation is 2. The van der Waals surface area contributed by atoms with Crippen LogP contribution >= 0.6 is 0 Å². The number of rotatable bonds is 3. The van der Waals surface area contributed by atoms with Crippen LogP contribution < -0.4 is 15.2 Å². The Balaban J connectivity index is 2.13. The molecule has 3 aromatic rings. The maximum absolute atomic E-state index is 12.9. The summed E-state index contributed by atoms with van der Waals surface area (Å²) in [6, 6.07) is 1.57. The topological polar surface area (TPSA) is 103 Å². The summed E-state index contributed by atoms with van der Waals surface area (Å²) in [6.07, 6.45) is 2.82. The summed E-state index contributed by atoms with van der Waals surface area (Å²) in [6.45, 7) is 1.61. The number of methoxy groups -OCH3 is 1. The minimum Gasteiger partial charge on any atom is -0.481 e. The molecule has 124 valence electrons. The highest BCUT2D eigenvalue weighted by atomic mass is 16.5. The molecule has 0 saturated carbocycles. The van der Waals surface area contributed by atoms with Crippen molar-refractivity contribution in [2.75, 3.05) is 19.1 Å². The zero-order valence-electron chi connectivity index (χ0n) is 13.6. The number of ether oxygens (including phenoxy) is 1. The molecule has 0 radical (unpaired) electrons. The summed E-state index contributed by atoms with van der Waals surface area (Å²) in [5.74, 6) is 0.310. The minimum atomic E-state index is -0.468. The van der Waals surface area contributed by atoms with Gasteiger partial charge in [-0.3, -0.25) is 14.5 Å². The van der Waals surface area contributed by atoms with Gasteiger partial charge in [-0.05, 0) is 6.92 Å². The molecular weight excluding hydrogens is 314 g/mol. The van der Waals surface area contributed by atoms with E-state index in [0.717, 1.165) is 0 Å². The lowest BCUT2D eigenvalue weighted by atomic mass is 10.1. The van der Waals surface area contributed by atoms with Crippen LogP contribution in [0.2, 0.25) is 0 Å². The Kier molecular flexibility index (Phi) is 3.76. The van der Waals surface area contributed by atoms with Crippen molar-refractivity contribution in [3.63, 3.8) is 0 Å². The quantitative estimate of drug-likeness (QED) is 0.703. The molecule has 0 spiro atoms. The van der Waals surface area contributed by atoms with E-state index in [4.69, 9.17) is 9.15 Å². The van der Waals surface area contributed by atoms with E-state index in [1.807, 2.05) is 0 Å². The first kappa shape index (κ1) is 15.7. The second kappa shape index (κ2) is 5.76. The average molecular weight is 329 g/mol. The Bertz CT molecular complexity index is 991. The lowest BCUT2D eigenvalue weighted by molar-refractivity contribution is 0.0991. The largest absolute Gasteiger partial charge is 0.481 e. The summed E-state index contributed by atoms with van der Waals surface area (Å²) < 4.78 is 11.8. The Morgan fingerprint density at radius 1 is 1.38 bits per heavy atom. The van der Waals surface area contributed by atoms with E-state index in [9.17, 15) is 9.59 Å². The molecule has 0 saturated heterocycles. The third-order valence-electron chi connectivity index (χ3n) is 3.59. The molecule has 0 unspecified atom stereocenters. The molecule has 0 bridgehead atoms. The predicted molar refractivity (Wildman–Crippen MR) is 85.3 cm³/mol. The van der Waals surface area contributed by atoms with Crippen LogP contribution in [0.5, 0.6) is 5.88 Å². The Hall–Kier alpha value is -3.23. The third-order valence-corrected chi connectivity index (χ3v) is 3.59. The van der Waals surface area contributed by atoms with Gasteiger partial charge in [0.25, 0.3) is 11.5 Å². The molecule has 3 aromatic heterocycles. The van der Waals surface area contributed by atoms with Gasteiger partial charge in [0.05, 0.1) is 12.7 Å². The van der Waals surface area contributed by atoms with Crippen LogP contribution in [0.15, 0.2) is 27.8 Å². The smallest absolute Gasteiger partial charge is 0.265 e. The van der Waals surface area contributed by atoms with Crippen molar-refractivity contribution >= 4 is 23.0 Å². The molecule has 24 heavy (non-hydrogen) atoms. The number of amides is 1. The zero-order chi connectivity index (χ0) is 17.4. The highest BCUT2D eigenvalue weighted by molar-refractivity contribution is 6.13. The number of aromatic nitrogens is 4. The third kappa shape index (κ3) is 2.39. The zero-order valence-corrected chi connectivity index (χ0v) is 13.6. The van der Waals surface area contributed by atoms with Gasteiger partial charge < -0.3 is 13.7 Å². The van der Waals surface area contributed by atoms with Gasteiger partial charge >= 0.3 is 0 Å². The Labute approximate surface area is 136 Å². The molecular formula is C15H15N5O4. The van der Waals surface area contributed by atoms with Crippen molar-refractivity contribution in [1.29, 1.82) is 0 Å². The molecule has 1 amide bonds. The lowest BCUT2D eigenvalue weighted by Gasteiger charge is -2.15. The molecule has 0 atom stereocenters. The second-order valence-corrected chi connectivity index (χ2v) is 5.14. The van der Waals surface area contributed by atoms with E-state index in [-0.39, 0.29) is 28.2 Å². The van der Waals surface area contributed by atoms with Gasteiger partial charge in [0, 0.05) is 26.4 Å². The van der Waals surface area contributed by atoms with Gasteiger partial charge in [0.1, 0.15) is 17.5 Å².